The Labute approximate surface area is 139 Å². The molecule has 3 aromatic rings. The van der Waals surface area contributed by atoms with Gasteiger partial charge >= 0.3 is 0 Å². The normalized spacial score (nSPS) is 10.6. The summed E-state index contributed by atoms with van der Waals surface area (Å²) in [5, 5.41) is 7.15. The van der Waals surface area contributed by atoms with E-state index in [1.54, 1.807) is 6.26 Å². The molecular weight excluding hydrogens is 312 g/mol. The molecule has 3 rings (SSSR count). The SMILES string of the molecule is Cc1cc(NCc2ccco2)nc(Nc2cccc(Cl)c2C)n1. The lowest BCUT2D eigenvalue weighted by Crippen LogP contribution is -2.05. The van der Waals surface area contributed by atoms with Gasteiger partial charge in [0, 0.05) is 22.5 Å². The van der Waals surface area contributed by atoms with Crippen LogP contribution >= 0.6 is 11.6 Å². The van der Waals surface area contributed by atoms with Gasteiger partial charge in [0.1, 0.15) is 11.6 Å². The van der Waals surface area contributed by atoms with Gasteiger partial charge in [-0.3, -0.25) is 0 Å². The van der Waals surface area contributed by atoms with Gasteiger partial charge in [-0.05, 0) is 43.7 Å². The molecule has 0 atom stereocenters. The van der Waals surface area contributed by atoms with Crippen molar-refractivity contribution in [2.45, 2.75) is 20.4 Å². The third-order valence-corrected chi connectivity index (χ3v) is 3.80. The second-order valence-corrected chi connectivity index (χ2v) is 5.60. The van der Waals surface area contributed by atoms with Gasteiger partial charge in [0.2, 0.25) is 5.95 Å². The van der Waals surface area contributed by atoms with Crippen LogP contribution in [0.15, 0.2) is 47.1 Å². The second-order valence-electron chi connectivity index (χ2n) is 5.19. The van der Waals surface area contributed by atoms with E-state index in [9.17, 15) is 0 Å². The van der Waals surface area contributed by atoms with Crippen molar-refractivity contribution in [3.63, 3.8) is 0 Å². The zero-order valence-electron chi connectivity index (χ0n) is 12.9. The van der Waals surface area contributed by atoms with Gasteiger partial charge in [0.15, 0.2) is 0 Å². The molecule has 0 aliphatic heterocycles. The van der Waals surface area contributed by atoms with E-state index in [0.717, 1.165) is 28.5 Å². The molecule has 0 saturated carbocycles. The zero-order chi connectivity index (χ0) is 16.2. The van der Waals surface area contributed by atoms with Crippen LogP contribution in [0, 0.1) is 13.8 Å². The Hall–Kier alpha value is -2.53. The van der Waals surface area contributed by atoms with Gasteiger partial charge in [0.25, 0.3) is 0 Å². The van der Waals surface area contributed by atoms with E-state index in [0.29, 0.717) is 17.5 Å². The quantitative estimate of drug-likeness (QED) is 0.711. The molecule has 0 spiro atoms. The molecule has 6 heteroatoms. The number of rotatable bonds is 5. The number of anilines is 3. The van der Waals surface area contributed by atoms with E-state index in [4.69, 9.17) is 16.0 Å². The summed E-state index contributed by atoms with van der Waals surface area (Å²) in [6, 6.07) is 11.4. The van der Waals surface area contributed by atoms with Gasteiger partial charge in [-0.25, -0.2) is 4.98 Å². The molecule has 118 valence electrons. The van der Waals surface area contributed by atoms with Gasteiger partial charge in [-0.15, -0.1) is 0 Å². The molecule has 0 aliphatic carbocycles. The summed E-state index contributed by atoms with van der Waals surface area (Å²) < 4.78 is 5.30. The number of furan rings is 1. The summed E-state index contributed by atoms with van der Waals surface area (Å²) in [7, 11) is 0. The molecule has 0 aliphatic rings. The molecule has 1 aromatic carbocycles. The first-order valence-corrected chi connectivity index (χ1v) is 7.64. The minimum atomic E-state index is 0.525. The first-order valence-electron chi connectivity index (χ1n) is 7.26. The van der Waals surface area contributed by atoms with E-state index in [1.165, 1.54) is 0 Å². The van der Waals surface area contributed by atoms with Crippen LogP contribution in [0.5, 0.6) is 0 Å². The number of hydrogen-bond acceptors (Lipinski definition) is 5. The number of aromatic nitrogens is 2. The molecular formula is C17H17ClN4O. The number of benzene rings is 1. The predicted octanol–water partition coefficient (Wildman–Crippen LogP) is 4.70. The van der Waals surface area contributed by atoms with E-state index in [-0.39, 0.29) is 0 Å². The Morgan fingerprint density at radius 2 is 2.00 bits per heavy atom. The van der Waals surface area contributed by atoms with Gasteiger partial charge in [-0.2, -0.15) is 4.98 Å². The van der Waals surface area contributed by atoms with Crippen molar-refractivity contribution in [2.24, 2.45) is 0 Å². The molecule has 0 saturated heterocycles. The van der Waals surface area contributed by atoms with E-state index in [2.05, 4.69) is 20.6 Å². The fourth-order valence-corrected chi connectivity index (χ4v) is 2.34. The maximum absolute atomic E-state index is 6.15. The van der Waals surface area contributed by atoms with Crippen molar-refractivity contribution >= 4 is 29.1 Å². The Morgan fingerprint density at radius 1 is 1.13 bits per heavy atom. The summed E-state index contributed by atoms with van der Waals surface area (Å²) in [6.45, 7) is 4.45. The standard InChI is InChI=1S/C17H17ClN4O/c1-11-9-16(19-10-13-5-4-8-23-13)22-17(20-11)21-15-7-3-6-14(18)12(15)2/h3-9H,10H2,1-2H3,(H2,19,20,21,22). The largest absolute Gasteiger partial charge is 0.467 e. The van der Waals surface area contributed by atoms with Crippen LogP contribution in [-0.2, 0) is 6.54 Å². The maximum atomic E-state index is 6.15. The minimum absolute atomic E-state index is 0.525. The minimum Gasteiger partial charge on any atom is -0.467 e. The Balaban J connectivity index is 1.78. The monoisotopic (exact) mass is 328 g/mol. The third kappa shape index (κ3) is 3.81. The van der Waals surface area contributed by atoms with Crippen LogP contribution in [0.1, 0.15) is 17.0 Å². The van der Waals surface area contributed by atoms with Crippen molar-refractivity contribution in [3.05, 3.63) is 64.7 Å². The first-order chi connectivity index (χ1) is 11.1. The van der Waals surface area contributed by atoms with E-state index < -0.39 is 0 Å². The average Bonchev–Trinajstić information content (AvgIpc) is 3.03. The van der Waals surface area contributed by atoms with Crippen molar-refractivity contribution in [1.82, 2.24) is 9.97 Å². The molecule has 2 N–H and O–H groups in total. The Bertz CT molecular complexity index is 802. The summed E-state index contributed by atoms with van der Waals surface area (Å²) in [6.07, 6.45) is 1.65. The van der Waals surface area contributed by atoms with Crippen LogP contribution in [0.4, 0.5) is 17.5 Å². The van der Waals surface area contributed by atoms with Crippen molar-refractivity contribution in [1.29, 1.82) is 0 Å². The fourth-order valence-electron chi connectivity index (χ4n) is 2.17. The smallest absolute Gasteiger partial charge is 0.229 e. The maximum Gasteiger partial charge on any atom is 0.229 e. The van der Waals surface area contributed by atoms with Crippen LogP contribution in [0.3, 0.4) is 0 Å². The highest BCUT2D eigenvalue weighted by Gasteiger charge is 2.07. The highest BCUT2D eigenvalue weighted by molar-refractivity contribution is 6.31. The van der Waals surface area contributed by atoms with Crippen LogP contribution in [0.25, 0.3) is 0 Å². The predicted molar refractivity (Wildman–Crippen MR) is 92.3 cm³/mol. The van der Waals surface area contributed by atoms with E-state index >= 15 is 0 Å². The summed E-state index contributed by atoms with van der Waals surface area (Å²) in [5.74, 6) is 2.11. The molecule has 0 bridgehead atoms. The second kappa shape index (κ2) is 6.71. The van der Waals surface area contributed by atoms with Crippen molar-refractivity contribution in [3.8, 4) is 0 Å². The molecule has 23 heavy (non-hydrogen) atoms. The van der Waals surface area contributed by atoms with Crippen LogP contribution < -0.4 is 10.6 Å². The van der Waals surface area contributed by atoms with Gasteiger partial charge in [0.05, 0.1) is 12.8 Å². The number of nitrogens with zero attached hydrogens (tertiary/aromatic N) is 2. The lowest BCUT2D eigenvalue weighted by Gasteiger charge is -2.11. The number of hydrogen-bond donors (Lipinski definition) is 2. The number of aryl methyl sites for hydroxylation is 1. The molecule has 2 aromatic heterocycles. The Morgan fingerprint density at radius 3 is 2.78 bits per heavy atom. The number of nitrogens with one attached hydrogen (secondary N) is 2. The average molecular weight is 329 g/mol. The topological polar surface area (TPSA) is 63.0 Å². The molecule has 2 heterocycles. The van der Waals surface area contributed by atoms with Crippen LogP contribution in [0.2, 0.25) is 5.02 Å². The van der Waals surface area contributed by atoms with Gasteiger partial charge in [-0.1, -0.05) is 17.7 Å². The van der Waals surface area contributed by atoms with Crippen molar-refractivity contribution < 1.29 is 4.42 Å². The molecule has 0 amide bonds. The molecule has 0 fully saturated rings. The van der Waals surface area contributed by atoms with Crippen LogP contribution in [-0.4, -0.2) is 9.97 Å². The summed E-state index contributed by atoms with van der Waals surface area (Å²) >= 11 is 6.15. The third-order valence-electron chi connectivity index (χ3n) is 3.39. The number of halogens is 1. The molecule has 0 radical (unpaired) electrons. The fraction of sp³-hybridized carbons (Fsp3) is 0.176. The Kier molecular flexibility index (Phi) is 4.48. The zero-order valence-corrected chi connectivity index (χ0v) is 13.7. The summed E-state index contributed by atoms with van der Waals surface area (Å²) in [5.41, 5.74) is 2.72. The summed E-state index contributed by atoms with van der Waals surface area (Å²) in [4.78, 5) is 8.90. The highest BCUT2D eigenvalue weighted by Crippen LogP contribution is 2.25. The molecule has 5 nitrogen and oxygen atoms in total. The molecule has 0 unspecified atom stereocenters. The first kappa shape index (κ1) is 15.4. The van der Waals surface area contributed by atoms with Crippen molar-refractivity contribution in [2.75, 3.05) is 10.6 Å². The lowest BCUT2D eigenvalue weighted by atomic mass is 10.2. The lowest BCUT2D eigenvalue weighted by molar-refractivity contribution is 0.518. The van der Waals surface area contributed by atoms with Gasteiger partial charge < -0.3 is 15.1 Å². The highest BCUT2D eigenvalue weighted by atomic mass is 35.5. The van der Waals surface area contributed by atoms with E-state index in [1.807, 2.05) is 50.2 Å².